The Hall–Kier alpha value is -0.940. The van der Waals surface area contributed by atoms with Crippen LogP contribution in [0.1, 0.15) is 12.0 Å². The molecule has 1 aromatic rings. The molecular weight excluding hydrogens is 230 g/mol. The van der Waals surface area contributed by atoms with Gasteiger partial charge in [-0.3, -0.25) is 4.90 Å². The number of aliphatic hydroxyl groups is 1. The van der Waals surface area contributed by atoms with Crippen LogP contribution in [0, 0.1) is 0 Å². The van der Waals surface area contributed by atoms with Crippen molar-refractivity contribution in [3.05, 3.63) is 35.9 Å². The Balaban J connectivity index is 1.90. The number of methoxy groups -OCH3 is 1. The van der Waals surface area contributed by atoms with Crippen molar-refractivity contribution in [3.8, 4) is 0 Å². The molecule has 1 aromatic carbocycles. The number of ether oxygens (including phenoxy) is 2. The maximum absolute atomic E-state index is 8.84. The predicted octanol–water partition coefficient (Wildman–Crippen LogP) is 1.24. The molecular formula is C14H21NO3. The summed E-state index contributed by atoms with van der Waals surface area (Å²) in [6.07, 6.45) is 0.844. The molecule has 18 heavy (non-hydrogen) atoms. The number of nitrogens with zero attached hydrogens (tertiary/aromatic N) is 1. The van der Waals surface area contributed by atoms with Gasteiger partial charge >= 0.3 is 0 Å². The zero-order valence-electron chi connectivity index (χ0n) is 10.8. The molecule has 2 rings (SSSR count). The van der Waals surface area contributed by atoms with E-state index < -0.39 is 5.79 Å². The molecule has 0 amide bonds. The summed E-state index contributed by atoms with van der Waals surface area (Å²) < 4.78 is 11.1. The van der Waals surface area contributed by atoms with E-state index in [1.807, 2.05) is 6.07 Å². The molecule has 4 heteroatoms. The molecule has 1 aliphatic rings. The van der Waals surface area contributed by atoms with Crippen LogP contribution in [0.25, 0.3) is 0 Å². The lowest BCUT2D eigenvalue weighted by Gasteiger charge is -2.28. The van der Waals surface area contributed by atoms with Crippen molar-refractivity contribution in [1.29, 1.82) is 0 Å². The lowest BCUT2D eigenvalue weighted by atomic mass is 10.2. The molecule has 1 N–H and O–H groups in total. The lowest BCUT2D eigenvalue weighted by Crippen LogP contribution is -2.39. The Morgan fingerprint density at radius 3 is 2.78 bits per heavy atom. The van der Waals surface area contributed by atoms with Crippen molar-refractivity contribution in [2.75, 3.05) is 33.4 Å². The van der Waals surface area contributed by atoms with Gasteiger partial charge in [0.15, 0.2) is 5.79 Å². The first kappa shape index (κ1) is 13.5. The van der Waals surface area contributed by atoms with Crippen LogP contribution in [0.4, 0.5) is 0 Å². The summed E-state index contributed by atoms with van der Waals surface area (Å²) in [5, 5.41) is 8.84. The number of hydrogen-bond acceptors (Lipinski definition) is 4. The van der Waals surface area contributed by atoms with E-state index in [2.05, 4.69) is 29.2 Å². The summed E-state index contributed by atoms with van der Waals surface area (Å²) in [6, 6.07) is 10.4. The summed E-state index contributed by atoms with van der Waals surface area (Å²) in [4.78, 5) is 2.32. The van der Waals surface area contributed by atoms with Crippen molar-refractivity contribution >= 4 is 0 Å². The molecule has 4 nitrogen and oxygen atoms in total. The Morgan fingerprint density at radius 2 is 2.11 bits per heavy atom. The molecule has 0 spiro atoms. The normalized spacial score (nSPS) is 24.6. The van der Waals surface area contributed by atoms with Crippen LogP contribution < -0.4 is 0 Å². The third-order valence-electron chi connectivity index (χ3n) is 3.35. The van der Waals surface area contributed by atoms with E-state index in [0.29, 0.717) is 6.61 Å². The number of rotatable bonds is 6. The van der Waals surface area contributed by atoms with E-state index in [1.165, 1.54) is 5.56 Å². The molecule has 1 atom stereocenters. The molecule has 0 aliphatic carbocycles. The SMILES string of the molecule is COC1(OCCO)CCN(Cc2ccccc2)C1. The fourth-order valence-electron chi connectivity index (χ4n) is 2.38. The summed E-state index contributed by atoms with van der Waals surface area (Å²) >= 11 is 0. The van der Waals surface area contributed by atoms with Gasteiger partial charge < -0.3 is 14.6 Å². The first-order valence-electron chi connectivity index (χ1n) is 6.34. The molecule has 0 aromatic heterocycles. The molecule has 1 aliphatic heterocycles. The van der Waals surface area contributed by atoms with Crippen LogP contribution in [-0.4, -0.2) is 49.2 Å². The summed E-state index contributed by atoms with van der Waals surface area (Å²) in [7, 11) is 1.67. The highest BCUT2D eigenvalue weighted by atomic mass is 16.7. The molecule has 0 saturated carbocycles. The molecule has 1 fully saturated rings. The second-order valence-electron chi connectivity index (χ2n) is 4.63. The van der Waals surface area contributed by atoms with Gasteiger partial charge in [-0.1, -0.05) is 30.3 Å². The third-order valence-corrected chi connectivity index (χ3v) is 3.35. The van der Waals surface area contributed by atoms with Gasteiger partial charge in [0, 0.05) is 26.6 Å². The molecule has 1 saturated heterocycles. The minimum absolute atomic E-state index is 0.0315. The van der Waals surface area contributed by atoms with Gasteiger partial charge in [0.1, 0.15) is 0 Å². The number of likely N-dealkylation sites (tertiary alicyclic amines) is 1. The monoisotopic (exact) mass is 251 g/mol. The quantitative estimate of drug-likeness (QED) is 0.773. The largest absolute Gasteiger partial charge is 0.394 e. The number of aliphatic hydroxyl groups excluding tert-OH is 1. The summed E-state index contributed by atoms with van der Waals surface area (Å²) in [6.45, 7) is 2.97. The highest BCUT2D eigenvalue weighted by molar-refractivity contribution is 5.14. The third kappa shape index (κ3) is 3.29. The lowest BCUT2D eigenvalue weighted by molar-refractivity contribution is -0.216. The van der Waals surface area contributed by atoms with E-state index in [1.54, 1.807) is 7.11 Å². The van der Waals surface area contributed by atoms with Gasteiger partial charge in [-0.2, -0.15) is 0 Å². The van der Waals surface area contributed by atoms with Crippen molar-refractivity contribution in [2.45, 2.75) is 18.8 Å². The second kappa shape index (κ2) is 6.29. The summed E-state index contributed by atoms with van der Waals surface area (Å²) in [5.74, 6) is -0.544. The zero-order chi connectivity index (χ0) is 12.8. The van der Waals surface area contributed by atoms with Gasteiger partial charge in [0.25, 0.3) is 0 Å². The molecule has 0 bridgehead atoms. The number of hydrogen-bond donors (Lipinski definition) is 1. The highest BCUT2D eigenvalue weighted by Crippen LogP contribution is 2.27. The maximum Gasteiger partial charge on any atom is 0.181 e. The Morgan fingerprint density at radius 1 is 1.33 bits per heavy atom. The van der Waals surface area contributed by atoms with E-state index in [-0.39, 0.29) is 6.61 Å². The minimum Gasteiger partial charge on any atom is -0.394 e. The second-order valence-corrected chi connectivity index (χ2v) is 4.63. The van der Waals surface area contributed by atoms with E-state index in [9.17, 15) is 0 Å². The standard InChI is InChI=1S/C14H21NO3/c1-17-14(18-10-9-16)7-8-15(12-14)11-13-5-3-2-4-6-13/h2-6,16H,7-12H2,1H3. The predicted molar refractivity (Wildman–Crippen MR) is 69.1 cm³/mol. The van der Waals surface area contributed by atoms with Gasteiger partial charge in [-0.25, -0.2) is 0 Å². The van der Waals surface area contributed by atoms with Crippen LogP contribution in [0.15, 0.2) is 30.3 Å². The van der Waals surface area contributed by atoms with Crippen LogP contribution in [0.2, 0.25) is 0 Å². The van der Waals surface area contributed by atoms with Crippen LogP contribution in [0.3, 0.4) is 0 Å². The van der Waals surface area contributed by atoms with Crippen molar-refractivity contribution < 1.29 is 14.6 Å². The minimum atomic E-state index is -0.544. The average molecular weight is 251 g/mol. The van der Waals surface area contributed by atoms with E-state index >= 15 is 0 Å². The molecule has 1 unspecified atom stereocenters. The van der Waals surface area contributed by atoms with Crippen LogP contribution in [-0.2, 0) is 16.0 Å². The average Bonchev–Trinajstić information content (AvgIpc) is 2.82. The maximum atomic E-state index is 8.84. The van der Waals surface area contributed by atoms with Crippen molar-refractivity contribution in [3.63, 3.8) is 0 Å². The first-order chi connectivity index (χ1) is 8.78. The van der Waals surface area contributed by atoms with Crippen LogP contribution in [0.5, 0.6) is 0 Å². The molecule has 0 radical (unpaired) electrons. The topological polar surface area (TPSA) is 41.9 Å². The Labute approximate surface area is 108 Å². The van der Waals surface area contributed by atoms with Crippen molar-refractivity contribution in [2.24, 2.45) is 0 Å². The first-order valence-corrected chi connectivity index (χ1v) is 6.34. The zero-order valence-corrected chi connectivity index (χ0v) is 10.8. The molecule has 1 heterocycles. The number of benzene rings is 1. The fourth-order valence-corrected chi connectivity index (χ4v) is 2.38. The van der Waals surface area contributed by atoms with E-state index in [4.69, 9.17) is 14.6 Å². The van der Waals surface area contributed by atoms with Gasteiger partial charge in [-0.05, 0) is 5.56 Å². The van der Waals surface area contributed by atoms with Crippen molar-refractivity contribution in [1.82, 2.24) is 4.90 Å². The highest BCUT2D eigenvalue weighted by Gasteiger charge is 2.39. The Bertz CT molecular complexity index is 357. The van der Waals surface area contributed by atoms with Gasteiger partial charge in [0.05, 0.1) is 19.8 Å². The summed E-state index contributed by atoms with van der Waals surface area (Å²) in [5.41, 5.74) is 1.30. The smallest absolute Gasteiger partial charge is 0.181 e. The fraction of sp³-hybridized carbons (Fsp3) is 0.571. The van der Waals surface area contributed by atoms with Gasteiger partial charge in [-0.15, -0.1) is 0 Å². The molecule has 100 valence electrons. The van der Waals surface area contributed by atoms with Crippen LogP contribution >= 0.6 is 0 Å². The van der Waals surface area contributed by atoms with Gasteiger partial charge in [0.2, 0.25) is 0 Å². The Kier molecular flexibility index (Phi) is 4.72. The van der Waals surface area contributed by atoms with E-state index in [0.717, 1.165) is 26.1 Å².